The summed E-state index contributed by atoms with van der Waals surface area (Å²) >= 11 is 0. The molecule has 5 aliphatic rings. The molecule has 0 radical (unpaired) electrons. The number of carbonyl (C=O) groups is 2. The first-order chi connectivity index (χ1) is 16.0. The fraction of sp³-hybridized carbons (Fsp3) is 0.640. The number of piperidine rings is 1. The van der Waals surface area contributed by atoms with Crippen molar-refractivity contribution in [1.82, 2.24) is 14.7 Å². The molecule has 7 atom stereocenters. The van der Waals surface area contributed by atoms with Crippen molar-refractivity contribution >= 4 is 11.8 Å². The summed E-state index contributed by atoms with van der Waals surface area (Å²) in [5.41, 5.74) is 7.34. The number of fused-ring (bicyclic) bond motifs is 3. The molecule has 3 saturated heterocycles. The first-order valence-corrected chi connectivity index (χ1v) is 12.3. The van der Waals surface area contributed by atoms with Gasteiger partial charge in [-0.05, 0) is 61.6 Å². The molecule has 7 nitrogen and oxygen atoms in total. The van der Waals surface area contributed by atoms with E-state index in [1.165, 1.54) is 18.6 Å². The Hall–Kier alpha value is -2.50. The van der Waals surface area contributed by atoms with E-state index >= 15 is 0 Å². The second-order valence-electron chi connectivity index (χ2n) is 10.6. The highest BCUT2D eigenvalue weighted by molar-refractivity contribution is 5.87. The zero-order chi connectivity index (χ0) is 22.9. The minimum Gasteiger partial charge on any atom is -0.330 e. The molecular weight excluding hydrogens is 421 g/mol. The fourth-order valence-corrected chi connectivity index (χ4v) is 6.74. The van der Waals surface area contributed by atoms with Gasteiger partial charge in [-0.2, -0.15) is 5.26 Å². The van der Waals surface area contributed by atoms with Crippen molar-refractivity contribution in [2.75, 3.05) is 13.1 Å². The Morgan fingerprint density at radius 2 is 1.97 bits per heavy atom. The van der Waals surface area contributed by atoms with Crippen LogP contribution in [0.25, 0.3) is 0 Å². The summed E-state index contributed by atoms with van der Waals surface area (Å²) in [6.45, 7) is 1.05. The summed E-state index contributed by atoms with van der Waals surface area (Å²) < 4.78 is 13.5. The van der Waals surface area contributed by atoms with Crippen LogP contribution in [0.1, 0.15) is 50.1 Å². The Morgan fingerprint density at radius 3 is 2.61 bits per heavy atom. The van der Waals surface area contributed by atoms with Gasteiger partial charge < -0.3 is 15.5 Å². The number of hydrogen-bond acceptors (Lipinski definition) is 5. The maximum atomic E-state index is 13.5. The standard InChI is InChI=1S/C25H30FN5O2/c26-17-6-4-15(5-7-17)23(14-2-1-3-14)31-19-10-22(25(31)33)29(12-19)13-20(28)24(32)30-18(11-27)8-16-9-21(16)30/h4-7,14,16,18-23H,1-3,8-10,12-13,28H2/t16-,18+,19+,20+,21?,22+,23+/m1/s1. The first kappa shape index (κ1) is 21.1. The van der Waals surface area contributed by atoms with Crippen LogP contribution < -0.4 is 5.73 Å². The van der Waals surface area contributed by atoms with Crippen molar-refractivity contribution in [3.05, 3.63) is 35.6 Å². The molecule has 1 aromatic rings. The summed E-state index contributed by atoms with van der Waals surface area (Å²) in [5, 5.41) is 9.40. The molecule has 1 unspecified atom stereocenters. The molecule has 6 rings (SSSR count). The van der Waals surface area contributed by atoms with Gasteiger partial charge in [0, 0.05) is 25.2 Å². The van der Waals surface area contributed by atoms with E-state index in [-0.39, 0.29) is 47.8 Å². The van der Waals surface area contributed by atoms with Gasteiger partial charge in [0.15, 0.2) is 0 Å². The molecule has 5 fully saturated rings. The van der Waals surface area contributed by atoms with E-state index in [0.29, 0.717) is 24.9 Å². The molecular formula is C25H30FN5O2. The molecule has 1 aromatic carbocycles. The van der Waals surface area contributed by atoms with Gasteiger partial charge in [-0.15, -0.1) is 0 Å². The molecule has 3 heterocycles. The number of rotatable bonds is 6. The van der Waals surface area contributed by atoms with E-state index in [0.717, 1.165) is 37.7 Å². The van der Waals surface area contributed by atoms with E-state index < -0.39 is 6.04 Å². The molecule has 8 heteroatoms. The van der Waals surface area contributed by atoms with Crippen molar-refractivity contribution < 1.29 is 14.0 Å². The molecule has 2 saturated carbocycles. The van der Waals surface area contributed by atoms with E-state index in [2.05, 4.69) is 11.0 Å². The van der Waals surface area contributed by atoms with Crippen molar-refractivity contribution in [3.8, 4) is 6.07 Å². The molecule has 3 aliphatic heterocycles. The zero-order valence-corrected chi connectivity index (χ0v) is 18.6. The Kier molecular flexibility index (Phi) is 4.96. The van der Waals surface area contributed by atoms with E-state index in [9.17, 15) is 19.2 Å². The van der Waals surface area contributed by atoms with Crippen molar-refractivity contribution in [1.29, 1.82) is 5.26 Å². The van der Waals surface area contributed by atoms with Crippen LogP contribution in [-0.2, 0) is 9.59 Å². The van der Waals surface area contributed by atoms with Gasteiger partial charge in [-0.25, -0.2) is 4.39 Å². The molecule has 174 valence electrons. The van der Waals surface area contributed by atoms with E-state index in [1.54, 1.807) is 4.90 Å². The molecule has 2 N–H and O–H groups in total. The lowest BCUT2D eigenvalue weighted by Gasteiger charge is -2.45. The molecule has 33 heavy (non-hydrogen) atoms. The number of nitriles is 1. The maximum absolute atomic E-state index is 13.5. The lowest BCUT2D eigenvalue weighted by Crippen LogP contribution is -2.58. The number of amides is 2. The van der Waals surface area contributed by atoms with Crippen LogP contribution in [0.5, 0.6) is 0 Å². The average molecular weight is 452 g/mol. The number of benzene rings is 1. The van der Waals surface area contributed by atoms with Crippen LogP contribution >= 0.6 is 0 Å². The SMILES string of the molecule is N#C[C@@H]1C[C@@H]2CC2N1C(=O)[C@@H](N)CN1C[C@@H]2C[C@H]1C(=O)N2[C@H](c1ccc(F)cc1)C1CCC1. The van der Waals surface area contributed by atoms with Crippen LogP contribution in [0, 0.1) is 29.0 Å². The topological polar surface area (TPSA) is 93.7 Å². The van der Waals surface area contributed by atoms with Crippen LogP contribution in [0.4, 0.5) is 4.39 Å². The minimum atomic E-state index is -0.722. The van der Waals surface area contributed by atoms with Gasteiger partial charge in [0.2, 0.25) is 11.8 Å². The highest BCUT2D eigenvalue weighted by Crippen LogP contribution is 2.49. The van der Waals surface area contributed by atoms with Crippen molar-refractivity contribution in [2.24, 2.45) is 17.6 Å². The van der Waals surface area contributed by atoms with Crippen LogP contribution in [0.3, 0.4) is 0 Å². The Bertz CT molecular complexity index is 1010. The number of carbonyl (C=O) groups excluding carboxylic acids is 2. The Labute approximate surface area is 193 Å². The minimum absolute atomic E-state index is 0.00732. The van der Waals surface area contributed by atoms with Gasteiger partial charge in [0.25, 0.3) is 0 Å². The highest BCUT2D eigenvalue weighted by Gasteiger charge is 2.56. The molecule has 0 spiro atoms. The summed E-state index contributed by atoms with van der Waals surface area (Å²) in [7, 11) is 0. The van der Waals surface area contributed by atoms with Crippen LogP contribution in [0.2, 0.25) is 0 Å². The number of halogens is 1. The second-order valence-corrected chi connectivity index (χ2v) is 10.6. The van der Waals surface area contributed by atoms with E-state index in [4.69, 9.17) is 5.73 Å². The first-order valence-electron chi connectivity index (χ1n) is 12.3. The fourth-order valence-electron chi connectivity index (χ4n) is 6.74. The molecule has 2 amide bonds. The number of hydrogen-bond donors (Lipinski definition) is 1. The number of likely N-dealkylation sites (tertiary alicyclic amines) is 3. The summed E-state index contributed by atoms with van der Waals surface area (Å²) in [6.07, 6.45) is 5.83. The Morgan fingerprint density at radius 1 is 1.21 bits per heavy atom. The number of nitrogens with zero attached hydrogens (tertiary/aromatic N) is 4. The third-order valence-corrected chi connectivity index (χ3v) is 8.68. The summed E-state index contributed by atoms with van der Waals surface area (Å²) in [4.78, 5) is 32.4. The van der Waals surface area contributed by atoms with Gasteiger partial charge in [-0.3, -0.25) is 14.5 Å². The van der Waals surface area contributed by atoms with Crippen molar-refractivity contribution in [3.63, 3.8) is 0 Å². The Balaban J connectivity index is 1.15. The highest BCUT2D eigenvalue weighted by atomic mass is 19.1. The van der Waals surface area contributed by atoms with Crippen molar-refractivity contribution in [2.45, 2.75) is 74.8 Å². The van der Waals surface area contributed by atoms with Gasteiger partial charge in [0.05, 0.1) is 24.2 Å². The van der Waals surface area contributed by atoms with Crippen LogP contribution in [0.15, 0.2) is 24.3 Å². The average Bonchev–Trinajstić information content (AvgIpc) is 3.11. The van der Waals surface area contributed by atoms with Gasteiger partial charge >= 0.3 is 0 Å². The monoisotopic (exact) mass is 451 g/mol. The summed E-state index contributed by atoms with van der Waals surface area (Å²) in [5.74, 6) is 0.557. The largest absolute Gasteiger partial charge is 0.330 e. The molecule has 0 aromatic heterocycles. The lowest BCUT2D eigenvalue weighted by atomic mass is 9.76. The number of nitrogens with two attached hydrogens (primary N) is 1. The smallest absolute Gasteiger partial charge is 0.242 e. The van der Waals surface area contributed by atoms with E-state index in [1.807, 2.05) is 17.0 Å². The van der Waals surface area contributed by atoms with Gasteiger partial charge in [-0.1, -0.05) is 18.6 Å². The predicted molar refractivity (Wildman–Crippen MR) is 118 cm³/mol. The third-order valence-electron chi connectivity index (χ3n) is 8.68. The van der Waals surface area contributed by atoms with Crippen LogP contribution in [-0.4, -0.2) is 69.8 Å². The second kappa shape index (κ2) is 7.78. The molecule has 2 bridgehead atoms. The third kappa shape index (κ3) is 3.36. The lowest BCUT2D eigenvalue weighted by molar-refractivity contribution is -0.143. The number of piperazine rings is 1. The molecule has 2 aliphatic carbocycles. The predicted octanol–water partition coefficient (Wildman–Crippen LogP) is 1.79. The van der Waals surface area contributed by atoms with Gasteiger partial charge in [0.1, 0.15) is 11.9 Å². The zero-order valence-electron chi connectivity index (χ0n) is 18.6. The maximum Gasteiger partial charge on any atom is 0.242 e. The normalized spacial score (nSPS) is 34.7. The quantitative estimate of drug-likeness (QED) is 0.712. The summed E-state index contributed by atoms with van der Waals surface area (Å²) in [6, 6.07) is 7.77.